The third-order valence-corrected chi connectivity index (χ3v) is 3.86. The predicted molar refractivity (Wildman–Crippen MR) is 78.3 cm³/mol. The van der Waals surface area contributed by atoms with Gasteiger partial charge in [0.2, 0.25) is 12.0 Å². The molecule has 1 aromatic rings. The predicted octanol–water partition coefficient (Wildman–Crippen LogP) is 1.24. The molecule has 0 saturated carbocycles. The van der Waals surface area contributed by atoms with Crippen molar-refractivity contribution in [1.29, 1.82) is 0 Å². The number of nitrogens with zero attached hydrogens (tertiary/aromatic N) is 1. The van der Waals surface area contributed by atoms with E-state index in [1.807, 2.05) is 13.8 Å². The molecule has 0 spiro atoms. The van der Waals surface area contributed by atoms with E-state index in [4.69, 9.17) is 15.6 Å². The van der Waals surface area contributed by atoms with Gasteiger partial charge in [-0.2, -0.15) is 0 Å². The van der Waals surface area contributed by atoms with Crippen molar-refractivity contribution >= 4 is 17.6 Å². The molecule has 6 nitrogen and oxygen atoms in total. The number of para-hydroxylation sites is 2. The van der Waals surface area contributed by atoms with Crippen LogP contribution in [0.3, 0.4) is 0 Å². The number of rotatable bonds is 4. The van der Waals surface area contributed by atoms with Crippen molar-refractivity contribution in [2.45, 2.75) is 32.4 Å². The number of anilines is 1. The van der Waals surface area contributed by atoms with Gasteiger partial charge in [0, 0.05) is 0 Å². The van der Waals surface area contributed by atoms with Crippen molar-refractivity contribution in [1.82, 2.24) is 0 Å². The number of amides is 1. The first-order valence-corrected chi connectivity index (χ1v) is 7.01. The number of carboxylic acid groups (broad SMARTS) is 1. The lowest BCUT2D eigenvalue weighted by Crippen LogP contribution is -2.53. The van der Waals surface area contributed by atoms with Crippen molar-refractivity contribution in [3.05, 3.63) is 24.3 Å². The van der Waals surface area contributed by atoms with Crippen LogP contribution in [-0.2, 0) is 9.59 Å². The highest BCUT2D eigenvalue weighted by Gasteiger charge is 2.36. The van der Waals surface area contributed by atoms with Crippen LogP contribution >= 0.6 is 0 Å². The number of hydrogen-bond donors (Lipinski definition) is 2. The highest BCUT2D eigenvalue weighted by atomic mass is 16.5. The Balaban J connectivity index is 2.33. The monoisotopic (exact) mass is 292 g/mol. The second kappa shape index (κ2) is 6.13. The normalized spacial score (nSPS) is 20.1. The van der Waals surface area contributed by atoms with Crippen LogP contribution in [0.4, 0.5) is 5.69 Å². The van der Waals surface area contributed by atoms with E-state index in [9.17, 15) is 9.59 Å². The Morgan fingerprint density at radius 1 is 1.48 bits per heavy atom. The number of hydrogen-bond acceptors (Lipinski definition) is 4. The second-order valence-electron chi connectivity index (χ2n) is 5.27. The fourth-order valence-corrected chi connectivity index (χ4v) is 2.25. The Hall–Kier alpha value is -2.08. The molecule has 1 aromatic carbocycles. The average Bonchev–Trinajstić information content (AvgIpc) is 2.51. The second-order valence-corrected chi connectivity index (χ2v) is 5.27. The van der Waals surface area contributed by atoms with E-state index in [2.05, 4.69) is 0 Å². The van der Waals surface area contributed by atoms with Gasteiger partial charge in [-0.3, -0.25) is 4.79 Å². The molecule has 0 saturated heterocycles. The Morgan fingerprint density at radius 2 is 2.14 bits per heavy atom. The summed E-state index contributed by atoms with van der Waals surface area (Å²) in [5, 5.41) is 9.16. The summed E-state index contributed by atoms with van der Waals surface area (Å²) >= 11 is 0. The van der Waals surface area contributed by atoms with Crippen LogP contribution in [-0.4, -0.2) is 35.7 Å². The number of ether oxygens (including phenoxy) is 1. The summed E-state index contributed by atoms with van der Waals surface area (Å²) in [5.41, 5.74) is 6.57. The molecule has 1 heterocycles. The van der Waals surface area contributed by atoms with E-state index in [1.165, 1.54) is 4.90 Å². The maximum Gasteiger partial charge on any atom is 0.346 e. The SMILES string of the molecule is CC[C@H](C)[C@H](N)C(=O)N1CC(C(=O)O)Oc2ccccc21. The number of benzene rings is 1. The van der Waals surface area contributed by atoms with Gasteiger partial charge >= 0.3 is 5.97 Å². The Bertz CT molecular complexity index is 546. The number of carbonyl (C=O) groups is 2. The number of fused-ring (bicyclic) bond motifs is 1. The van der Waals surface area contributed by atoms with E-state index in [-0.39, 0.29) is 18.4 Å². The molecule has 2 rings (SSSR count). The number of carboxylic acids is 1. The molecular weight excluding hydrogens is 272 g/mol. The first kappa shape index (κ1) is 15.3. The van der Waals surface area contributed by atoms with Crippen LogP contribution in [0.5, 0.6) is 5.75 Å². The number of aliphatic carboxylic acids is 1. The van der Waals surface area contributed by atoms with Crippen molar-refractivity contribution in [3.63, 3.8) is 0 Å². The standard InChI is InChI=1S/C15H20N2O4/c1-3-9(2)13(16)14(18)17-8-12(15(19)20)21-11-7-5-4-6-10(11)17/h4-7,9,12-13H,3,8,16H2,1-2H3,(H,19,20)/t9-,12?,13-/m0/s1. The third-order valence-electron chi connectivity index (χ3n) is 3.86. The summed E-state index contributed by atoms with van der Waals surface area (Å²) in [7, 11) is 0. The average molecular weight is 292 g/mol. The van der Waals surface area contributed by atoms with Crippen LogP contribution in [0.25, 0.3) is 0 Å². The van der Waals surface area contributed by atoms with E-state index >= 15 is 0 Å². The molecule has 21 heavy (non-hydrogen) atoms. The van der Waals surface area contributed by atoms with Gasteiger partial charge in [0.05, 0.1) is 18.3 Å². The number of carbonyl (C=O) groups excluding carboxylic acids is 1. The largest absolute Gasteiger partial charge is 0.478 e. The summed E-state index contributed by atoms with van der Waals surface area (Å²) in [6.07, 6.45) is -0.297. The highest BCUT2D eigenvalue weighted by molar-refractivity contribution is 5.99. The molecule has 1 amide bonds. The molecule has 3 N–H and O–H groups in total. The third kappa shape index (κ3) is 3.00. The van der Waals surface area contributed by atoms with Crippen molar-refractivity contribution in [3.8, 4) is 5.75 Å². The summed E-state index contributed by atoms with van der Waals surface area (Å²) in [5.74, 6) is -0.956. The minimum atomic E-state index is -1.10. The van der Waals surface area contributed by atoms with Crippen molar-refractivity contribution in [2.24, 2.45) is 11.7 Å². The molecule has 0 radical (unpaired) electrons. The maximum atomic E-state index is 12.6. The van der Waals surface area contributed by atoms with Gasteiger partial charge in [-0.15, -0.1) is 0 Å². The smallest absolute Gasteiger partial charge is 0.346 e. The lowest BCUT2D eigenvalue weighted by molar-refractivity contribution is -0.145. The lowest BCUT2D eigenvalue weighted by atomic mass is 9.98. The molecule has 1 aliphatic heterocycles. The van der Waals surface area contributed by atoms with E-state index in [1.54, 1.807) is 24.3 Å². The van der Waals surface area contributed by atoms with E-state index < -0.39 is 18.1 Å². The first-order valence-electron chi connectivity index (χ1n) is 7.01. The molecule has 114 valence electrons. The fraction of sp³-hybridized carbons (Fsp3) is 0.467. The number of nitrogens with two attached hydrogens (primary N) is 1. The van der Waals surface area contributed by atoms with Crippen molar-refractivity contribution < 1.29 is 19.4 Å². The topological polar surface area (TPSA) is 92.9 Å². The van der Waals surface area contributed by atoms with Crippen molar-refractivity contribution in [2.75, 3.05) is 11.4 Å². The highest BCUT2D eigenvalue weighted by Crippen LogP contribution is 2.33. The molecule has 1 unspecified atom stereocenters. The zero-order chi connectivity index (χ0) is 15.6. The molecule has 0 aromatic heterocycles. The van der Waals surface area contributed by atoms with Gasteiger partial charge in [-0.25, -0.2) is 4.79 Å². The van der Waals surface area contributed by atoms with Crippen LogP contribution in [0.1, 0.15) is 20.3 Å². The Labute approximate surface area is 123 Å². The quantitative estimate of drug-likeness (QED) is 0.871. The molecule has 1 aliphatic rings. The maximum absolute atomic E-state index is 12.6. The molecule has 3 atom stereocenters. The minimum Gasteiger partial charge on any atom is -0.478 e. The van der Waals surface area contributed by atoms with Crippen LogP contribution in [0.15, 0.2) is 24.3 Å². The molecule has 0 bridgehead atoms. The Kier molecular flexibility index (Phi) is 4.47. The van der Waals surface area contributed by atoms with Crippen LogP contribution in [0.2, 0.25) is 0 Å². The van der Waals surface area contributed by atoms with E-state index in [0.717, 1.165) is 6.42 Å². The summed E-state index contributed by atoms with van der Waals surface area (Å²) in [6.45, 7) is 3.84. The molecule has 0 fully saturated rings. The lowest BCUT2D eigenvalue weighted by Gasteiger charge is -2.35. The van der Waals surface area contributed by atoms with E-state index in [0.29, 0.717) is 11.4 Å². The van der Waals surface area contributed by atoms with Gasteiger partial charge in [0.25, 0.3) is 0 Å². The molecule has 0 aliphatic carbocycles. The Morgan fingerprint density at radius 3 is 2.76 bits per heavy atom. The molecular formula is C15H20N2O4. The van der Waals surface area contributed by atoms with Crippen LogP contribution in [0, 0.1) is 5.92 Å². The zero-order valence-electron chi connectivity index (χ0n) is 12.2. The zero-order valence-corrected chi connectivity index (χ0v) is 12.2. The van der Waals surface area contributed by atoms with Gasteiger partial charge < -0.3 is 20.5 Å². The summed E-state index contributed by atoms with van der Waals surface area (Å²) < 4.78 is 5.41. The van der Waals surface area contributed by atoms with Crippen LogP contribution < -0.4 is 15.4 Å². The van der Waals surface area contributed by atoms with Gasteiger partial charge in [-0.05, 0) is 18.1 Å². The summed E-state index contributed by atoms with van der Waals surface area (Å²) in [4.78, 5) is 25.2. The summed E-state index contributed by atoms with van der Waals surface area (Å²) in [6, 6.07) is 6.24. The molecule has 6 heteroatoms. The van der Waals surface area contributed by atoms with Gasteiger partial charge in [-0.1, -0.05) is 32.4 Å². The first-order chi connectivity index (χ1) is 9.95. The van der Waals surface area contributed by atoms with Gasteiger partial charge in [0.1, 0.15) is 5.75 Å². The van der Waals surface area contributed by atoms with Gasteiger partial charge in [0.15, 0.2) is 0 Å². The minimum absolute atomic E-state index is 0.0239. The fourth-order valence-electron chi connectivity index (χ4n) is 2.25.